The molecule has 0 aliphatic carbocycles. The van der Waals surface area contributed by atoms with Crippen LogP contribution in [-0.4, -0.2) is 43.9 Å². The van der Waals surface area contributed by atoms with Crippen LogP contribution in [0.2, 0.25) is 0 Å². The molecule has 3 N–H and O–H groups in total. The Kier molecular flexibility index (Phi) is 4.53. The Hall–Kier alpha value is -0.720. The lowest BCUT2D eigenvalue weighted by Crippen LogP contribution is -2.52. The maximum absolute atomic E-state index is 12.3. The summed E-state index contributed by atoms with van der Waals surface area (Å²) in [5.74, 6) is 0.363. The fraction of sp³-hybridized carbons (Fsp3) is 0.833. The van der Waals surface area contributed by atoms with Gasteiger partial charge in [-0.15, -0.1) is 0 Å². The number of nitrogens with one attached hydrogen (secondary N) is 1. The summed E-state index contributed by atoms with van der Waals surface area (Å²) in [5, 5.41) is 2.97. The number of hydrogen-bond donors (Lipinski definition) is 2. The first-order valence-corrected chi connectivity index (χ1v) is 6.80. The highest BCUT2D eigenvalue weighted by atomic mass is 32.1. The van der Waals surface area contributed by atoms with Crippen LogP contribution in [0.3, 0.4) is 0 Å². The van der Waals surface area contributed by atoms with Gasteiger partial charge in [0.1, 0.15) is 5.41 Å². The summed E-state index contributed by atoms with van der Waals surface area (Å²) in [6, 6.07) is 0. The highest BCUT2D eigenvalue weighted by Gasteiger charge is 2.43. The molecule has 6 heteroatoms. The van der Waals surface area contributed by atoms with Crippen molar-refractivity contribution < 1.29 is 14.3 Å². The maximum Gasteiger partial charge on any atom is 0.233 e. The molecule has 2 rings (SSSR count). The van der Waals surface area contributed by atoms with E-state index in [-0.39, 0.29) is 10.9 Å². The molecule has 2 aliphatic rings. The maximum atomic E-state index is 12.3. The van der Waals surface area contributed by atoms with Gasteiger partial charge in [-0.2, -0.15) is 0 Å². The SMILES string of the molecule is NC(=S)C1(C(=O)NCC2CCOC2)CCOCC1. The third kappa shape index (κ3) is 2.81. The highest BCUT2D eigenvalue weighted by molar-refractivity contribution is 7.80. The standard InChI is InChI=1S/C12H20N2O3S/c13-10(18)12(2-5-16-6-3-12)11(15)14-7-9-1-4-17-8-9/h9H,1-8H2,(H2,13,18)(H,14,15). The summed E-state index contributed by atoms with van der Waals surface area (Å²) in [5.41, 5.74) is 5.06. The van der Waals surface area contributed by atoms with Gasteiger partial charge in [0.2, 0.25) is 5.91 Å². The van der Waals surface area contributed by atoms with E-state index in [4.69, 9.17) is 27.4 Å². The van der Waals surface area contributed by atoms with E-state index in [1.807, 2.05) is 0 Å². The molecular formula is C12H20N2O3S. The number of hydrogen-bond acceptors (Lipinski definition) is 4. The van der Waals surface area contributed by atoms with Gasteiger partial charge in [-0.1, -0.05) is 12.2 Å². The number of thiocarbonyl (C=S) groups is 1. The summed E-state index contributed by atoms with van der Waals surface area (Å²) in [7, 11) is 0. The van der Waals surface area contributed by atoms with Crippen LogP contribution in [0, 0.1) is 11.3 Å². The van der Waals surface area contributed by atoms with Gasteiger partial charge in [0.15, 0.2) is 0 Å². The topological polar surface area (TPSA) is 73.6 Å². The Balaban J connectivity index is 1.93. The molecule has 0 radical (unpaired) electrons. The summed E-state index contributed by atoms with van der Waals surface area (Å²) in [6.07, 6.45) is 2.16. The second-order valence-corrected chi connectivity index (χ2v) is 5.44. The van der Waals surface area contributed by atoms with Gasteiger partial charge in [0, 0.05) is 32.3 Å². The third-order valence-corrected chi connectivity index (χ3v) is 4.22. The van der Waals surface area contributed by atoms with Crippen LogP contribution in [0.25, 0.3) is 0 Å². The van der Waals surface area contributed by atoms with E-state index in [1.165, 1.54) is 0 Å². The molecule has 2 fully saturated rings. The molecular weight excluding hydrogens is 252 g/mol. The average Bonchev–Trinajstić information content (AvgIpc) is 2.89. The predicted octanol–water partition coefficient (Wildman–Crippen LogP) is 0.222. The number of carbonyl (C=O) groups is 1. The summed E-state index contributed by atoms with van der Waals surface area (Å²) < 4.78 is 10.6. The molecule has 1 unspecified atom stereocenters. The normalized spacial score (nSPS) is 26.8. The van der Waals surface area contributed by atoms with Crippen LogP contribution in [0.15, 0.2) is 0 Å². The third-order valence-electron chi connectivity index (χ3n) is 3.83. The number of rotatable bonds is 4. The van der Waals surface area contributed by atoms with Gasteiger partial charge in [-0.25, -0.2) is 0 Å². The molecule has 18 heavy (non-hydrogen) atoms. The minimum atomic E-state index is -0.715. The molecule has 0 bridgehead atoms. The minimum Gasteiger partial charge on any atom is -0.392 e. The zero-order valence-electron chi connectivity index (χ0n) is 10.4. The van der Waals surface area contributed by atoms with E-state index in [1.54, 1.807) is 0 Å². The second-order valence-electron chi connectivity index (χ2n) is 5.00. The van der Waals surface area contributed by atoms with Crippen LogP contribution in [0.4, 0.5) is 0 Å². The lowest BCUT2D eigenvalue weighted by Gasteiger charge is -2.34. The van der Waals surface area contributed by atoms with Crippen molar-refractivity contribution in [3.63, 3.8) is 0 Å². The quantitative estimate of drug-likeness (QED) is 0.716. The lowest BCUT2D eigenvalue weighted by molar-refractivity contribution is -0.131. The molecule has 1 amide bonds. The molecule has 0 aromatic heterocycles. The highest BCUT2D eigenvalue weighted by Crippen LogP contribution is 2.31. The van der Waals surface area contributed by atoms with Gasteiger partial charge in [-0.3, -0.25) is 4.79 Å². The average molecular weight is 272 g/mol. The molecule has 0 aromatic rings. The number of amides is 1. The molecule has 5 nitrogen and oxygen atoms in total. The molecule has 102 valence electrons. The molecule has 2 saturated heterocycles. The van der Waals surface area contributed by atoms with Crippen LogP contribution in [0.1, 0.15) is 19.3 Å². The van der Waals surface area contributed by atoms with E-state index in [0.717, 1.165) is 19.6 Å². The number of ether oxygens (including phenoxy) is 2. The number of nitrogens with two attached hydrogens (primary N) is 1. The Morgan fingerprint density at radius 1 is 1.33 bits per heavy atom. The van der Waals surface area contributed by atoms with Crippen molar-refractivity contribution in [2.45, 2.75) is 19.3 Å². The monoisotopic (exact) mass is 272 g/mol. The van der Waals surface area contributed by atoms with Gasteiger partial charge in [-0.05, 0) is 19.3 Å². The smallest absolute Gasteiger partial charge is 0.233 e. The van der Waals surface area contributed by atoms with E-state index < -0.39 is 5.41 Å². The van der Waals surface area contributed by atoms with Gasteiger partial charge in [0.05, 0.1) is 11.6 Å². The first-order chi connectivity index (χ1) is 8.65. The zero-order chi connectivity index (χ0) is 13.0. The van der Waals surface area contributed by atoms with Crippen molar-refractivity contribution in [1.82, 2.24) is 5.32 Å². The first kappa shape index (κ1) is 13.7. The van der Waals surface area contributed by atoms with Crippen LogP contribution >= 0.6 is 12.2 Å². The molecule has 0 aromatic carbocycles. The van der Waals surface area contributed by atoms with E-state index in [2.05, 4.69) is 5.32 Å². The van der Waals surface area contributed by atoms with Crippen molar-refractivity contribution in [2.24, 2.45) is 17.1 Å². The van der Waals surface area contributed by atoms with Crippen molar-refractivity contribution in [3.8, 4) is 0 Å². The summed E-state index contributed by atoms with van der Waals surface area (Å²) in [4.78, 5) is 12.6. The van der Waals surface area contributed by atoms with Crippen molar-refractivity contribution in [3.05, 3.63) is 0 Å². The molecule has 2 aliphatic heterocycles. The largest absolute Gasteiger partial charge is 0.392 e. The van der Waals surface area contributed by atoms with Gasteiger partial charge < -0.3 is 20.5 Å². The zero-order valence-corrected chi connectivity index (χ0v) is 11.3. The Morgan fingerprint density at radius 3 is 2.61 bits per heavy atom. The van der Waals surface area contributed by atoms with Crippen LogP contribution < -0.4 is 11.1 Å². The van der Waals surface area contributed by atoms with Crippen molar-refractivity contribution >= 4 is 23.1 Å². The van der Waals surface area contributed by atoms with Crippen LogP contribution in [0.5, 0.6) is 0 Å². The summed E-state index contributed by atoms with van der Waals surface area (Å²) >= 11 is 5.09. The van der Waals surface area contributed by atoms with Crippen molar-refractivity contribution in [2.75, 3.05) is 33.0 Å². The minimum absolute atomic E-state index is 0.0507. The Bertz CT molecular complexity index is 323. The molecule has 0 saturated carbocycles. The predicted molar refractivity (Wildman–Crippen MR) is 71.2 cm³/mol. The summed E-state index contributed by atoms with van der Waals surface area (Å²) in [6.45, 7) is 3.23. The fourth-order valence-corrected chi connectivity index (χ4v) is 2.75. The van der Waals surface area contributed by atoms with Crippen molar-refractivity contribution in [1.29, 1.82) is 0 Å². The van der Waals surface area contributed by atoms with E-state index in [0.29, 0.717) is 38.5 Å². The fourth-order valence-electron chi connectivity index (χ4n) is 2.46. The molecule has 1 atom stereocenters. The lowest BCUT2D eigenvalue weighted by atomic mass is 9.79. The Labute approximate surface area is 112 Å². The molecule has 2 heterocycles. The Morgan fingerprint density at radius 2 is 2.06 bits per heavy atom. The van der Waals surface area contributed by atoms with E-state index in [9.17, 15) is 4.79 Å². The number of carbonyl (C=O) groups excluding carboxylic acids is 1. The second kappa shape index (κ2) is 5.95. The van der Waals surface area contributed by atoms with E-state index >= 15 is 0 Å². The molecule has 0 spiro atoms. The van der Waals surface area contributed by atoms with Crippen LogP contribution in [-0.2, 0) is 14.3 Å². The van der Waals surface area contributed by atoms with Gasteiger partial charge >= 0.3 is 0 Å². The first-order valence-electron chi connectivity index (χ1n) is 6.39. The van der Waals surface area contributed by atoms with Gasteiger partial charge in [0.25, 0.3) is 0 Å².